The van der Waals surface area contributed by atoms with Gasteiger partial charge in [0.1, 0.15) is 6.10 Å². The molecular weight excluding hydrogens is 407 g/mol. The Bertz CT molecular complexity index is 573. The van der Waals surface area contributed by atoms with Gasteiger partial charge in [-0.1, -0.05) is 12.1 Å². The summed E-state index contributed by atoms with van der Waals surface area (Å²) in [6.07, 6.45) is 1.45. The van der Waals surface area contributed by atoms with Crippen molar-refractivity contribution in [3.63, 3.8) is 0 Å². The van der Waals surface area contributed by atoms with Crippen LogP contribution in [0.1, 0.15) is 25.3 Å². The van der Waals surface area contributed by atoms with Crippen LogP contribution in [-0.2, 0) is 16.1 Å². The number of amides is 1. The maximum atomic E-state index is 12.0. The van der Waals surface area contributed by atoms with Crippen molar-refractivity contribution in [1.29, 1.82) is 0 Å². The number of anilines is 1. The molecule has 2 unspecified atom stereocenters. The Morgan fingerprint density at radius 3 is 3.04 bits per heavy atom. The van der Waals surface area contributed by atoms with E-state index in [9.17, 15) is 4.79 Å². The molecule has 126 valence electrons. The molecule has 1 aromatic rings. The molecule has 1 aromatic carbocycles. The minimum absolute atomic E-state index is 0. The largest absolute Gasteiger partial charge is 0.368 e. The van der Waals surface area contributed by atoms with Crippen LogP contribution in [0.4, 0.5) is 5.69 Å². The van der Waals surface area contributed by atoms with Gasteiger partial charge in [0.25, 0.3) is 5.91 Å². The number of nitrogens with zero attached hydrogens (tertiary/aromatic N) is 1. The predicted molar refractivity (Wildman–Crippen MR) is 101 cm³/mol. The SMILES string of the molecule is CC1CN=C(NCc2cccc(NC(=O)C3CCCO3)c2)N1.I. The molecule has 0 aliphatic carbocycles. The third-order valence-corrected chi connectivity index (χ3v) is 3.78. The number of ether oxygens (including phenoxy) is 1. The normalized spacial score (nSPS) is 22.7. The van der Waals surface area contributed by atoms with Gasteiger partial charge in [-0.05, 0) is 37.5 Å². The zero-order valence-electron chi connectivity index (χ0n) is 13.2. The zero-order chi connectivity index (χ0) is 15.4. The second-order valence-corrected chi connectivity index (χ2v) is 5.78. The fraction of sp³-hybridized carbons (Fsp3) is 0.500. The van der Waals surface area contributed by atoms with Crippen molar-refractivity contribution in [1.82, 2.24) is 10.6 Å². The Balaban J connectivity index is 0.00000192. The number of hydrogen-bond acceptors (Lipinski definition) is 5. The third-order valence-electron chi connectivity index (χ3n) is 3.78. The van der Waals surface area contributed by atoms with Crippen LogP contribution in [-0.4, -0.2) is 37.2 Å². The van der Waals surface area contributed by atoms with E-state index in [0.29, 0.717) is 19.2 Å². The van der Waals surface area contributed by atoms with Gasteiger partial charge in [-0.2, -0.15) is 0 Å². The fourth-order valence-electron chi connectivity index (χ4n) is 2.61. The molecule has 0 saturated carbocycles. The zero-order valence-corrected chi connectivity index (χ0v) is 15.5. The molecule has 6 nitrogen and oxygen atoms in total. The van der Waals surface area contributed by atoms with Crippen LogP contribution in [0, 0.1) is 0 Å². The number of halogens is 1. The highest BCUT2D eigenvalue weighted by Gasteiger charge is 2.23. The summed E-state index contributed by atoms with van der Waals surface area (Å²) >= 11 is 0. The van der Waals surface area contributed by atoms with E-state index < -0.39 is 0 Å². The Labute approximate surface area is 153 Å². The summed E-state index contributed by atoms with van der Waals surface area (Å²) in [6.45, 7) is 4.25. The van der Waals surface area contributed by atoms with Crippen LogP contribution in [0.15, 0.2) is 29.3 Å². The lowest BCUT2D eigenvalue weighted by molar-refractivity contribution is -0.124. The minimum Gasteiger partial charge on any atom is -0.368 e. The van der Waals surface area contributed by atoms with Crippen LogP contribution >= 0.6 is 24.0 Å². The van der Waals surface area contributed by atoms with E-state index in [2.05, 4.69) is 27.9 Å². The van der Waals surface area contributed by atoms with Gasteiger partial charge >= 0.3 is 0 Å². The van der Waals surface area contributed by atoms with Crippen molar-refractivity contribution in [2.24, 2.45) is 4.99 Å². The topological polar surface area (TPSA) is 74.8 Å². The maximum Gasteiger partial charge on any atom is 0.253 e. The second kappa shape index (κ2) is 8.49. The summed E-state index contributed by atoms with van der Waals surface area (Å²) in [6, 6.07) is 8.21. The van der Waals surface area contributed by atoms with Crippen LogP contribution < -0.4 is 16.0 Å². The first kappa shape index (κ1) is 18.0. The molecule has 2 heterocycles. The molecule has 0 aromatic heterocycles. The van der Waals surface area contributed by atoms with Crippen molar-refractivity contribution in [3.8, 4) is 0 Å². The van der Waals surface area contributed by atoms with Gasteiger partial charge in [-0.25, -0.2) is 0 Å². The number of nitrogens with one attached hydrogen (secondary N) is 3. The average molecular weight is 430 g/mol. The number of benzene rings is 1. The van der Waals surface area contributed by atoms with Crippen LogP contribution in [0.3, 0.4) is 0 Å². The molecule has 0 bridgehead atoms. The smallest absolute Gasteiger partial charge is 0.253 e. The molecule has 1 saturated heterocycles. The molecule has 2 aliphatic heterocycles. The maximum absolute atomic E-state index is 12.0. The molecule has 1 fully saturated rings. The summed E-state index contributed by atoms with van der Waals surface area (Å²) in [5.41, 5.74) is 1.89. The van der Waals surface area contributed by atoms with Gasteiger partial charge in [0.2, 0.25) is 0 Å². The highest BCUT2D eigenvalue weighted by Crippen LogP contribution is 2.16. The Morgan fingerprint density at radius 2 is 2.35 bits per heavy atom. The van der Waals surface area contributed by atoms with E-state index in [1.54, 1.807) is 0 Å². The van der Waals surface area contributed by atoms with E-state index in [1.807, 2.05) is 24.3 Å². The molecule has 7 heteroatoms. The Morgan fingerprint density at radius 1 is 1.48 bits per heavy atom. The van der Waals surface area contributed by atoms with E-state index >= 15 is 0 Å². The highest BCUT2D eigenvalue weighted by molar-refractivity contribution is 14.0. The first-order valence-electron chi connectivity index (χ1n) is 7.77. The highest BCUT2D eigenvalue weighted by atomic mass is 127. The van der Waals surface area contributed by atoms with Gasteiger partial charge in [-0.15, -0.1) is 24.0 Å². The van der Waals surface area contributed by atoms with Gasteiger partial charge in [-0.3, -0.25) is 9.79 Å². The van der Waals surface area contributed by atoms with Gasteiger partial charge in [0.15, 0.2) is 5.96 Å². The minimum atomic E-state index is -0.305. The van der Waals surface area contributed by atoms with E-state index in [0.717, 1.165) is 36.6 Å². The van der Waals surface area contributed by atoms with Crippen molar-refractivity contribution < 1.29 is 9.53 Å². The van der Waals surface area contributed by atoms with Gasteiger partial charge < -0.3 is 20.7 Å². The lowest BCUT2D eigenvalue weighted by Crippen LogP contribution is -2.37. The quantitative estimate of drug-likeness (QED) is 0.638. The number of carbonyl (C=O) groups excluding carboxylic acids is 1. The summed E-state index contributed by atoms with van der Waals surface area (Å²) < 4.78 is 5.39. The lowest BCUT2D eigenvalue weighted by atomic mass is 10.2. The number of rotatable bonds is 4. The Kier molecular flexibility index (Phi) is 6.64. The molecule has 0 radical (unpaired) electrons. The second-order valence-electron chi connectivity index (χ2n) is 5.78. The number of hydrogen-bond donors (Lipinski definition) is 3. The molecule has 2 atom stereocenters. The summed E-state index contributed by atoms with van der Waals surface area (Å²) in [5, 5.41) is 9.45. The fourth-order valence-corrected chi connectivity index (χ4v) is 2.61. The third kappa shape index (κ3) is 5.07. The molecule has 3 rings (SSSR count). The van der Waals surface area contributed by atoms with E-state index in [1.165, 1.54) is 0 Å². The van der Waals surface area contributed by atoms with Gasteiger partial charge in [0.05, 0.1) is 6.54 Å². The molecule has 23 heavy (non-hydrogen) atoms. The monoisotopic (exact) mass is 430 g/mol. The summed E-state index contributed by atoms with van der Waals surface area (Å²) in [5.74, 6) is 0.777. The van der Waals surface area contributed by atoms with Gasteiger partial charge in [0, 0.05) is 24.9 Å². The van der Waals surface area contributed by atoms with E-state index in [4.69, 9.17) is 4.74 Å². The van der Waals surface area contributed by atoms with Crippen LogP contribution in [0.2, 0.25) is 0 Å². The standard InChI is InChI=1S/C16H22N4O2.HI/c1-11-9-17-16(19-11)18-10-12-4-2-5-13(8-12)20-15(21)14-6-3-7-22-14;/h2,4-5,8,11,14H,3,6-7,9-10H2,1H3,(H,20,21)(H2,17,18,19);1H. The Hall–Kier alpha value is -1.35. The van der Waals surface area contributed by atoms with Crippen molar-refractivity contribution in [2.45, 2.75) is 38.5 Å². The van der Waals surface area contributed by atoms with Crippen molar-refractivity contribution in [3.05, 3.63) is 29.8 Å². The average Bonchev–Trinajstić information content (AvgIpc) is 3.17. The molecule has 3 N–H and O–H groups in total. The van der Waals surface area contributed by atoms with Crippen molar-refractivity contribution in [2.75, 3.05) is 18.5 Å². The number of aliphatic imine (C=N–C) groups is 1. The van der Waals surface area contributed by atoms with Crippen LogP contribution in [0.25, 0.3) is 0 Å². The molecule has 0 spiro atoms. The first-order valence-corrected chi connectivity index (χ1v) is 7.77. The summed E-state index contributed by atoms with van der Waals surface area (Å²) in [7, 11) is 0. The summed E-state index contributed by atoms with van der Waals surface area (Å²) in [4.78, 5) is 16.4. The lowest BCUT2D eigenvalue weighted by Gasteiger charge is -2.12. The van der Waals surface area contributed by atoms with Crippen molar-refractivity contribution >= 4 is 41.5 Å². The molecule has 2 aliphatic rings. The molecule has 1 amide bonds. The number of carbonyl (C=O) groups is 1. The van der Waals surface area contributed by atoms with E-state index in [-0.39, 0.29) is 36.0 Å². The van der Waals surface area contributed by atoms with Crippen LogP contribution in [0.5, 0.6) is 0 Å². The molecular formula is C16H23IN4O2. The first-order chi connectivity index (χ1) is 10.7. The predicted octanol–water partition coefficient (Wildman–Crippen LogP) is 1.86. The number of guanidine groups is 1.